The van der Waals surface area contributed by atoms with E-state index in [1.165, 1.54) is 16.8 Å². The van der Waals surface area contributed by atoms with Gasteiger partial charge >= 0.3 is 0 Å². The summed E-state index contributed by atoms with van der Waals surface area (Å²) >= 11 is 0. The van der Waals surface area contributed by atoms with Crippen LogP contribution >= 0.6 is 12.4 Å². The molecule has 1 aliphatic rings. The van der Waals surface area contributed by atoms with E-state index in [0.29, 0.717) is 0 Å². The summed E-state index contributed by atoms with van der Waals surface area (Å²) in [6.07, 6.45) is 2.22. The highest BCUT2D eigenvalue weighted by molar-refractivity contribution is 5.85. The van der Waals surface area contributed by atoms with Gasteiger partial charge < -0.3 is 11.1 Å². The third-order valence-corrected chi connectivity index (χ3v) is 2.56. The van der Waals surface area contributed by atoms with Crippen molar-refractivity contribution >= 4 is 18.1 Å². The van der Waals surface area contributed by atoms with E-state index in [9.17, 15) is 0 Å². The number of hydrogen-bond donors (Lipinski definition) is 2. The smallest absolute Gasteiger partial charge is 0.0388 e. The van der Waals surface area contributed by atoms with Crippen LogP contribution in [0.2, 0.25) is 0 Å². The van der Waals surface area contributed by atoms with Crippen LogP contribution < -0.4 is 11.1 Å². The van der Waals surface area contributed by atoms with Gasteiger partial charge in [0.05, 0.1) is 0 Å². The number of aryl methyl sites for hydroxylation is 1. The number of nitrogens with one attached hydrogen (secondary N) is 1. The molecule has 0 unspecified atom stereocenters. The summed E-state index contributed by atoms with van der Waals surface area (Å²) in [5, 5.41) is 3.18. The van der Waals surface area contributed by atoms with Crippen molar-refractivity contribution in [2.75, 3.05) is 12.4 Å². The molecule has 0 fully saturated rings. The lowest BCUT2D eigenvalue weighted by molar-refractivity contribution is 0.714. The first-order valence-corrected chi connectivity index (χ1v) is 4.38. The second-order valence-corrected chi connectivity index (χ2v) is 3.27. The molecule has 3 heteroatoms. The van der Waals surface area contributed by atoms with E-state index in [2.05, 4.69) is 23.5 Å². The van der Waals surface area contributed by atoms with Gasteiger partial charge in [-0.2, -0.15) is 0 Å². The lowest BCUT2D eigenvalue weighted by Crippen LogP contribution is -2.07. The molecule has 1 aromatic rings. The lowest BCUT2D eigenvalue weighted by Gasteiger charge is -2.10. The summed E-state index contributed by atoms with van der Waals surface area (Å²) in [6.45, 7) is 0. The monoisotopic (exact) mass is 198 g/mol. The molecule has 0 heterocycles. The maximum atomic E-state index is 5.98. The molecular formula is C10H15ClN2. The molecule has 2 rings (SSSR count). The Morgan fingerprint density at radius 3 is 2.92 bits per heavy atom. The van der Waals surface area contributed by atoms with Crippen molar-refractivity contribution in [1.82, 2.24) is 0 Å². The van der Waals surface area contributed by atoms with Crippen LogP contribution in [0, 0.1) is 0 Å². The van der Waals surface area contributed by atoms with Crippen molar-refractivity contribution in [2.24, 2.45) is 5.73 Å². The van der Waals surface area contributed by atoms with Gasteiger partial charge in [-0.1, -0.05) is 12.1 Å². The van der Waals surface area contributed by atoms with E-state index in [0.717, 1.165) is 12.8 Å². The summed E-state index contributed by atoms with van der Waals surface area (Å²) in [5.74, 6) is 0. The zero-order chi connectivity index (χ0) is 8.55. The highest BCUT2D eigenvalue weighted by atomic mass is 35.5. The first kappa shape index (κ1) is 10.4. The highest BCUT2D eigenvalue weighted by Crippen LogP contribution is 2.34. The Bertz CT molecular complexity index is 299. The van der Waals surface area contributed by atoms with Crippen molar-refractivity contribution in [1.29, 1.82) is 0 Å². The minimum Gasteiger partial charge on any atom is -0.388 e. The maximum absolute atomic E-state index is 5.98. The van der Waals surface area contributed by atoms with Crippen molar-refractivity contribution in [2.45, 2.75) is 18.9 Å². The zero-order valence-corrected chi connectivity index (χ0v) is 8.53. The maximum Gasteiger partial charge on any atom is 0.0388 e. The second kappa shape index (κ2) is 3.99. The Labute approximate surface area is 84.9 Å². The highest BCUT2D eigenvalue weighted by Gasteiger charge is 2.21. The van der Waals surface area contributed by atoms with Crippen LogP contribution in [0.15, 0.2) is 18.2 Å². The van der Waals surface area contributed by atoms with Gasteiger partial charge in [-0.15, -0.1) is 12.4 Å². The van der Waals surface area contributed by atoms with Crippen molar-refractivity contribution in [3.05, 3.63) is 29.3 Å². The van der Waals surface area contributed by atoms with Crippen molar-refractivity contribution in [3.63, 3.8) is 0 Å². The largest absolute Gasteiger partial charge is 0.388 e. The molecule has 0 radical (unpaired) electrons. The number of anilines is 1. The normalized spacial score (nSPS) is 19.1. The molecule has 0 aromatic heterocycles. The summed E-state index contributed by atoms with van der Waals surface area (Å²) in [7, 11) is 1.95. The molecule has 72 valence electrons. The third-order valence-electron chi connectivity index (χ3n) is 2.56. The van der Waals surface area contributed by atoms with Gasteiger partial charge in [0.1, 0.15) is 0 Å². The molecule has 1 atom stereocenters. The van der Waals surface area contributed by atoms with E-state index in [1.807, 2.05) is 7.05 Å². The Morgan fingerprint density at radius 1 is 1.46 bits per heavy atom. The summed E-state index contributed by atoms with van der Waals surface area (Å²) < 4.78 is 0. The van der Waals surface area contributed by atoms with E-state index >= 15 is 0 Å². The van der Waals surface area contributed by atoms with Gasteiger partial charge in [-0.05, 0) is 30.0 Å². The molecule has 0 bridgehead atoms. The van der Waals surface area contributed by atoms with E-state index in [4.69, 9.17) is 5.73 Å². The van der Waals surface area contributed by atoms with E-state index in [-0.39, 0.29) is 18.4 Å². The van der Waals surface area contributed by atoms with Crippen LogP contribution in [0.3, 0.4) is 0 Å². The van der Waals surface area contributed by atoms with Gasteiger partial charge in [0.15, 0.2) is 0 Å². The number of benzene rings is 1. The van der Waals surface area contributed by atoms with Crippen molar-refractivity contribution < 1.29 is 0 Å². The average Bonchev–Trinajstić information content (AvgIpc) is 2.48. The first-order chi connectivity index (χ1) is 5.83. The number of rotatable bonds is 1. The fourth-order valence-electron chi connectivity index (χ4n) is 1.94. The van der Waals surface area contributed by atoms with Gasteiger partial charge in [0.25, 0.3) is 0 Å². The SMILES string of the molecule is CNc1cccc2c1[C@H](N)CC2.Cl. The summed E-state index contributed by atoms with van der Waals surface area (Å²) in [4.78, 5) is 0. The zero-order valence-electron chi connectivity index (χ0n) is 7.71. The standard InChI is InChI=1S/C10H14N2.ClH/c1-12-9-4-2-3-7-5-6-8(11)10(7)9;/h2-4,8,12H,5-6,11H2,1H3;1H/t8-;/m1./s1. The second-order valence-electron chi connectivity index (χ2n) is 3.27. The Hall–Kier alpha value is -0.730. The first-order valence-electron chi connectivity index (χ1n) is 4.38. The molecular weight excluding hydrogens is 184 g/mol. The van der Waals surface area contributed by atoms with Crippen LogP contribution in [0.5, 0.6) is 0 Å². The molecule has 0 saturated carbocycles. The minimum absolute atomic E-state index is 0. The van der Waals surface area contributed by atoms with Gasteiger partial charge in [-0.25, -0.2) is 0 Å². The van der Waals surface area contributed by atoms with E-state index in [1.54, 1.807) is 0 Å². The van der Waals surface area contributed by atoms with E-state index < -0.39 is 0 Å². The number of halogens is 1. The Kier molecular flexibility index (Phi) is 3.17. The van der Waals surface area contributed by atoms with Gasteiger partial charge in [0, 0.05) is 18.8 Å². The van der Waals surface area contributed by atoms with Crippen LogP contribution in [0.1, 0.15) is 23.6 Å². The van der Waals surface area contributed by atoms with Crippen LogP contribution in [0.25, 0.3) is 0 Å². The predicted molar refractivity (Wildman–Crippen MR) is 58.5 cm³/mol. The molecule has 1 aliphatic carbocycles. The molecule has 2 nitrogen and oxygen atoms in total. The molecule has 0 aliphatic heterocycles. The number of hydrogen-bond acceptors (Lipinski definition) is 2. The lowest BCUT2D eigenvalue weighted by atomic mass is 10.1. The summed E-state index contributed by atoms with van der Waals surface area (Å²) in [5.41, 5.74) is 9.91. The Balaban J connectivity index is 0.000000845. The molecule has 0 saturated heterocycles. The van der Waals surface area contributed by atoms with Crippen molar-refractivity contribution in [3.8, 4) is 0 Å². The molecule has 3 N–H and O–H groups in total. The fourth-order valence-corrected chi connectivity index (χ4v) is 1.94. The average molecular weight is 199 g/mol. The molecule has 1 aromatic carbocycles. The minimum atomic E-state index is 0. The quantitative estimate of drug-likeness (QED) is 0.726. The number of nitrogens with two attached hydrogens (primary N) is 1. The van der Waals surface area contributed by atoms with Crippen LogP contribution in [0.4, 0.5) is 5.69 Å². The number of fused-ring (bicyclic) bond motifs is 1. The topological polar surface area (TPSA) is 38.0 Å². The molecule has 0 amide bonds. The van der Waals surface area contributed by atoms with Crippen LogP contribution in [-0.2, 0) is 6.42 Å². The summed E-state index contributed by atoms with van der Waals surface area (Å²) in [6, 6.07) is 6.58. The van der Waals surface area contributed by atoms with Gasteiger partial charge in [-0.3, -0.25) is 0 Å². The molecule has 13 heavy (non-hydrogen) atoms. The van der Waals surface area contributed by atoms with Gasteiger partial charge in [0.2, 0.25) is 0 Å². The fraction of sp³-hybridized carbons (Fsp3) is 0.400. The van der Waals surface area contributed by atoms with Crippen LogP contribution in [-0.4, -0.2) is 7.05 Å². The molecule has 0 spiro atoms. The Morgan fingerprint density at radius 2 is 2.23 bits per heavy atom. The predicted octanol–water partition coefficient (Wildman–Crippen LogP) is 2.10. The third kappa shape index (κ3) is 1.64.